The van der Waals surface area contributed by atoms with E-state index in [2.05, 4.69) is 42.6 Å². The molecule has 0 unspecified atom stereocenters. The molecular weight excluding hydrogens is 322 g/mol. The normalized spacial score (nSPS) is 16.7. The van der Waals surface area contributed by atoms with Crippen LogP contribution in [-0.2, 0) is 17.6 Å². The van der Waals surface area contributed by atoms with Crippen molar-refractivity contribution in [3.8, 4) is 5.75 Å². The molecule has 0 aliphatic heterocycles. The van der Waals surface area contributed by atoms with Gasteiger partial charge in [-0.2, -0.15) is 0 Å². The van der Waals surface area contributed by atoms with Crippen molar-refractivity contribution in [3.05, 3.63) is 59.2 Å². The molecule has 0 amide bonds. The number of hydrogen-bond donors (Lipinski definition) is 1. The zero-order valence-corrected chi connectivity index (χ0v) is 16.3. The number of nitrogens with one attached hydrogen (secondary N) is 1. The van der Waals surface area contributed by atoms with Crippen LogP contribution in [0.4, 0.5) is 5.69 Å². The van der Waals surface area contributed by atoms with Gasteiger partial charge in [-0.15, -0.1) is 0 Å². The van der Waals surface area contributed by atoms with E-state index in [0.717, 1.165) is 25.8 Å². The van der Waals surface area contributed by atoms with Crippen LogP contribution in [-0.4, -0.2) is 12.5 Å². The summed E-state index contributed by atoms with van der Waals surface area (Å²) in [5.74, 6) is 1.00. The Kier molecular flexibility index (Phi) is 5.36. The standard InChI is InChI=1S/C23H29NO2/c1-5-24-21-9-7-6-8-20(21)18-11-10-17-15-19(13-12-16(17)14-18)26-22(25)23(2,3)4/h6-9,12-13,15,18,24H,5,10-11,14H2,1-4H3/t18-/m1/s1. The van der Waals surface area contributed by atoms with Crippen molar-refractivity contribution in [1.29, 1.82) is 0 Å². The Morgan fingerprint density at radius 3 is 2.65 bits per heavy atom. The zero-order valence-electron chi connectivity index (χ0n) is 16.3. The lowest BCUT2D eigenvalue weighted by molar-refractivity contribution is -0.143. The Hall–Kier alpha value is -2.29. The molecular formula is C23H29NO2. The van der Waals surface area contributed by atoms with Gasteiger partial charge in [0, 0.05) is 12.2 Å². The van der Waals surface area contributed by atoms with Crippen molar-refractivity contribution in [3.63, 3.8) is 0 Å². The topological polar surface area (TPSA) is 38.3 Å². The zero-order chi connectivity index (χ0) is 18.7. The van der Waals surface area contributed by atoms with Crippen molar-refractivity contribution >= 4 is 11.7 Å². The van der Waals surface area contributed by atoms with Gasteiger partial charge in [-0.3, -0.25) is 4.79 Å². The Labute approximate surface area is 156 Å². The van der Waals surface area contributed by atoms with Crippen LogP contribution in [0, 0.1) is 5.41 Å². The van der Waals surface area contributed by atoms with Gasteiger partial charge in [-0.1, -0.05) is 24.3 Å². The number of esters is 1. The van der Waals surface area contributed by atoms with E-state index in [4.69, 9.17) is 4.74 Å². The van der Waals surface area contributed by atoms with Gasteiger partial charge in [-0.05, 0) is 87.8 Å². The fourth-order valence-corrected chi connectivity index (χ4v) is 3.52. The van der Waals surface area contributed by atoms with E-state index in [1.165, 1.54) is 22.4 Å². The van der Waals surface area contributed by atoms with Crippen LogP contribution in [0.2, 0.25) is 0 Å². The molecule has 0 spiro atoms. The lowest BCUT2D eigenvalue weighted by atomic mass is 9.79. The average Bonchev–Trinajstić information content (AvgIpc) is 2.61. The Morgan fingerprint density at radius 2 is 1.92 bits per heavy atom. The number of anilines is 1. The monoisotopic (exact) mass is 351 g/mol. The molecule has 138 valence electrons. The van der Waals surface area contributed by atoms with E-state index in [1.807, 2.05) is 32.9 Å². The van der Waals surface area contributed by atoms with Crippen molar-refractivity contribution < 1.29 is 9.53 Å². The highest BCUT2D eigenvalue weighted by molar-refractivity contribution is 5.77. The molecule has 2 aromatic rings. The molecule has 1 aliphatic rings. The molecule has 3 rings (SSSR count). The van der Waals surface area contributed by atoms with Gasteiger partial charge in [0.05, 0.1) is 5.41 Å². The molecule has 0 saturated heterocycles. The summed E-state index contributed by atoms with van der Waals surface area (Å²) in [6.45, 7) is 8.69. The third-order valence-electron chi connectivity index (χ3n) is 5.00. The molecule has 0 radical (unpaired) electrons. The number of ether oxygens (including phenoxy) is 1. The summed E-state index contributed by atoms with van der Waals surface area (Å²) in [6.07, 6.45) is 3.17. The number of fused-ring (bicyclic) bond motifs is 1. The van der Waals surface area contributed by atoms with Crippen LogP contribution in [0.5, 0.6) is 5.75 Å². The Bertz CT molecular complexity index is 789. The van der Waals surface area contributed by atoms with Gasteiger partial charge in [0.1, 0.15) is 5.75 Å². The second kappa shape index (κ2) is 7.53. The first-order chi connectivity index (χ1) is 12.4. The first-order valence-corrected chi connectivity index (χ1v) is 9.55. The fourth-order valence-electron chi connectivity index (χ4n) is 3.52. The van der Waals surface area contributed by atoms with Crippen molar-refractivity contribution in [2.45, 2.75) is 52.9 Å². The number of carbonyl (C=O) groups excluding carboxylic acids is 1. The molecule has 0 aromatic heterocycles. The van der Waals surface area contributed by atoms with Crippen molar-refractivity contribution in [1.82, 2.24) is 0 Å². The second-order valence-corrected chi connectivity index (χ2v) is 8.13. The summed E-state index contributed by atoms with van der Waals surface area (Å²) in [6, 6.07) is 14.7. The lowest BCUT2D eigenvalue weighted by Gasteiger charge is -2.27. The van der Waals surface area contributed by atoms with Gasteiger partial charge in [0.25, 0.3) is 0 Å². The minimum Gasteiger partial charge on any atom is -0.426 e. The van der Waals surface area contributed by atoms with Crippen LogP contribution >= 0.6 is 0 Å². The highest BCUT2D eigenvalue weighted by Gasteiger charge is 2.25. The average molecular weight is 351 g/mol. The largest absolute Gasteiger partial charge is 0.426 e. The summed E-state index contributed by atoms with van der Waals surface area (Å²) < 4.78 is 5.56. The summed E-state index contributed by atoms with van der Waals surface area (Å²) in [5, 5.41) is 3.48. The van der Waals surface area contributed by atoms with Gasteiger partial charge in [-0.25, -0.2) is 0 Å². The minimum atomic E-state index is -0.489. The molecule has 0 bridgehead atoms. The summed E-state index contributed by atoms with van der Waals surface area (Å²) in [7, 11) is 0. The highest BCUT2D eigenvalue weighted by atomic mass is 16.5. The van der Waals surface area contributed by atoms with E-state index in [9.17, 15) is 4.79 Å². The van der Waals surface area contributed by atoms with Gasteiger partial charge >= 0.3 is 5.97 Å². The summed E-state index contributed by atoms with van der Waals surface area (Å²) in [5.41, 5.74) is 4.84. The minimum absolute atomic E-state index is 0.189. The first-order valence-electron chi connectivity index (χ1n) is 9.55. The van der Waals surface area contributed by atoms with E-state index in [0.29, 0.717) is 11.7 Å². The summed E-state index contributed by atoms with van der Waals surface area (Å²) >= 11 is 0. The van der Waals surface area contributed by atoms with Gasteiger partial charge in [0.2, 0.25) is 0 Å². The SMILES string of the molecule is CCNc1ccccc1[C@@H]1CCc2cc(OC(=O)C(C)(C)C)ccc2C1. The van der Waals surface area contributed by atoms with Gasteiger partial charge < -0.3 is 10.1 Å². The van der Waals surface area contributed by atoms with Crippen LogP contribution in [0.1, 0.15) is 56.7 Å². The number of rotatable bonds is 4. The van der Waals surface area contributed by atoms with Crippen molar-refractivity contribution in [2.24, 2.45) is 5.41 Å². The van der Waals surface area contributed by atoms with Crippen LogP contribution in [0.15, 0.2) is 42.5 Å². The van der Waals surface area contributed by atoms with E-state index >= 15 is 0 Å². The van der Waals surface area contributed by atoms with E-state index in [1.54, 1.807) is 0 Å². The Morgan fingerprint density at radius 1 is 1.15 bits per heavy atom. The number of carbonyl (C=O) groups is 1. The van der Waals surface area contributed by atoms with E-state index in [-0.39, 0.29) is 5.97 Å². The summed E-state index contributed by atoms with van der Waals surface area (Å²) in [4.78, 5) is 12.1. The quantitative estimate of drug-likeness (QED) is 0.597. The lowest BCUT2D eigenvalue weighted by Crippen LogP contribution is -2.25. The van der Waals surface area contributed by atoms with Crippen molar-refractivity contribution in [2.75, 3.05) is 11.9 Å². The highest BCUT2D eigenvalue weighted by Crippen LogP contribution is 2.37. The fraction of sp³-hybridized carbons (Fsp3) is 0.435. The second-order valence-electron chi connectivity index (χ2n) is 8.13. The molecule has 1 aliphatic carbocycles. The molecule has 0 heterocycles. The predicted molar refractivity (Wildman–Crippen MR) is 107 cm³/mol. The predicted octanol–water partition coefficient (Wildman–Crippen LogP) is 5.34. The number of hydrogen-bond acceptors (Lipinski definition) is 3. The third kappa shape index (κ3) is 4.09. The number of para-hydroxylation sites is 1. The van der Waals surface area contributed by atoms with Crippen LogP contribution in [0.25, 0.3) is 0 Å². The molecule has 0 saturated carbocycles. The molecule has 3 nitrogen and oxygen atoms in total. The molecule has 0 fully saturated rings. The van der Waals surface area contributed by atoms with Gasteiger partial charge in [0.15, 0.2) is 0 Å². The maximum atomic E-state index is 12.1. The molecule has 1 N–H and O–H groups in total. The first kappa shape index (κ1) is 18.5. The molecule has 2 aromatic carbocycles. The third-order valence-corrected chi connectivity index (χ3v) is 5.00. The molecule has 1 atom stereocenters. The van der Waals surface area contributed by atoms with Crippen LogP contribution in [0.3, 0.4) is 0 Å². The molecule has 26 heavy (non-hydrogen) atoms. The van der Waals surface area contributed by atoms with Crippen LogP contribution < -0.4 is 10.1 Å². The number of benzene rings is 2. The van der Waals surface area contributed by atoms with E-state index < -0.39 is 5.41 Å². The number of aryl methyl sites for hydroxylation is 1. The Balaban J connectivity index is 1.77. The maximum absolute atomic E-state index is 12.1. The maximum Gasteiger partial charge on any atom is 0.316 e. The smallest absolute Gasteiger partial charge is 0.316 e. The molecule has 3 heteroatoms.